The summed E-state index contributed by atoms with van der Waals surface area (Å²) in [4.78, 5) is 24.0. The topological polar surface area (TPSA) is 98.3 Å². The first-order valence-electron chi connectivity index (χ1n) is 4.70. The van der Waals surface area contributed by atoms with E-state index < -0.39 is 22.4 Å². The van der Waals surface area contributed by atoms with Crippen LogP contribution in [0.1, 0.15) is 10.5 Å². The van der Waals surface area contributed by atoms with Crippen LogP contribution in [-0.2, 0) is 0 Å². The number of carboxylic acid groups (broad SMARTS) is 1. The summed E-state index contributed by atoms with van der Waals surface area (Å²) in [6, 6.07) is 2.94. The van der Waals surface area contributed by atoms with Crippen LogP contribution < -0.4 is 0 Å². The van der Waals surface area contributed by atoms with Gasteiger partial charge in [-0.1, -0.05) is 0 Å². The number of halogens is 1. The molecule has 1 aromatic carbocycles. The SMILES string of the molecule is O=C(O)c1cn(-c2cc(F)cc([N+](=O)[O-])c2)cn1. The highest BCUT2D eigenvalue weighted by molar-refractivity contribution is 5.85. The molecule has 0 bridgehead atoms. The number of carboxylic acids is 1. The summed E-state index contributed by atoms with van der Waals surface area (Å²) >= 11 is 0. The maximum atomic E-state index is 13.2. The number of benzene rings is 1. The number of hydrogen-bond acceptors (Lipinski definition) is 4. The predicted octanol–water partition coefficient (Wildman–Crippen LogP) is 1.62. The second kappa shape index (κ2) is 4.24. The molecule has 0 saturated heterocycles. The zero-order valence-corrected chi connectivity index (χ0v) is 8.78. The molecule has 18 heavy (non-hydrogen) atoms. The Labute approximate surface area is 99.3 Å². The third-order valence-corrected chi connectivity index (χ3v) is 2.18. The van der Waals surface area contributed by atoms with Crippen molar-refractivity contribution in [1.82, 2.24) is 9.55 Å². The van der Waals surface area contributed by atoms with E-state index in [9.17, 15) is 19.3 Å². The lowest BCUT2D eigenvalue weighted by Crippen LogP contribution is -1.97. The largest absolute Gasteiger partial charge is 0.476 e. The van der Waals surface area contributed by atoms with Crippen LogP contribution in [-0.4, -0.2) is 25.6 Å². The van der Waals surface area contributed by atoms with E-state index in [2.05, 4.69) is 4.98 Å². The average molecular weight is 251 g/mol. The monoisotopic (exact) mass is 251 g/mol. The maximum absolute atomic E-state index is 13.2. The molecule has 2 aromatic rings. The first-order chi connectivity index (χ1) is 8.47. The normalized spacial score (nSPS) is 10.3. The number of non-ortho nitro benzene ring substituents is 1. The zero-order chi connectivity index (χ0) is 13.3. The number of rotatable bonds is 3. The summed E-state index contributed by atoms with van der Waals surface area (Å²) in [5, 5.41) is 19.3. The number of aromatic carboxylic acids is 1. The van der Waals surface area contributed by atoms with E-state index in [1.165, 1.54) is 4.57 Å². The van der Waals surface area contributed by atoms with Gasteiger partial charge >= 0.3 is 5.97 Å². The lowest BCUT2D eigenvalue weighted by atomic mass is 10.2. The molecule has 0 saturated carbocycles. The fourth-order valence-electron chi connectivity index (χ4n) is 1.39. The Morgan fingerprint density at radius 2 is 2.17 bits per heavy atom. The molecule has 0 aliphatic carbocycles. The van der Waals surface area contributed by atoms with E-state index >= 15 is 0 Å². The van der Waals surface area contributed by atoms with Crippen molar-refractivity contribution in [2.24, 2.45) is 0 Å². The smallest absolute Gasteiger partial charge is 0.356 e. The summed E-state index contributed by atoms with van der Waals surface area (Å²) in [5.41, 5.74) is -0.529. The van der Waals surface area contributed by atoms with Crippen LogP contribution in [0.5, 0.6) is 0 Å². The van der Waals surface area contributed by atoms with Gasteiger partial charge in [0, 0.05) is 12.3 Å². The van der Waals surface area contributed by atoms with E-state index in [4.69, 9.17) is 5.11 Å². The molecule has 7 nitrogen and oxygen atoms in total. The highest BCUT2D eigenvalue weighted by atomic mass is 19.1. The number of nitro benzene ring substituents is 1. The van der Waals surface area contributed by atoms with Gasteiger partial charge in [0.1, 0.15) is 12.1 Å². The van der Waals surface area contributed by atoms with Crippen LogP contribution in [0.4, 0.5) is 10.1 Å². The number of nitro groups is 1. The average Bonchev–Trinajstić information content (AvgIpc) is 2.77. The number of nitrogens with zero attached hydrogens (tertiary/aromatic N) is 3. The molecule has 92 valence electrons. The van der Waals surface area contributed by atoms with Crippen molar-refractivity contribution >= 4 is 11.7 Å². The number of carbonyl (C=O) groups is 1. The summed E-state index contributed by atoms with van der Waals surface area (Å²) in [6.07, 6.45) is 2.28. The quantitative estimate of drug-likeness (QED) is 0.660. The third-order valence-electron chi connectivity index (χ3n) is 2.18. The molecule has 0 aliphatic rings. The van der Waals surface area contributed by atoms with Gasteiger partial charge in [0.15, 0.2) is 5.69 Å². The van der Waals surface area contributed by atoms with Crippen molar-refractivity contribution in [1.29, 1.82) is 0 Å². The van der Waals surface area contributed by atoms with Crippen LogP contribution in [0.3, 0.4) is 0 Å². The summed E-state index contributed by atoms with van der Waals surface area (Å²) in [5.74, 6) is -2.02. The van der Waals surface area contributed by atoms with E-state index in [1.807, 2.05) is 0 Å². The van der Waals surface area contributed by atoms with Gasteiger partial charge in [-0.2, -0.15) is 0 Å². The highest BCUT2D eigenvalue weighted by Gasteiger charge is 2.13. The van der Waals surface area contributed by atoms with Gasteiger partial charge in [0.25, 0.3) is 5.69 Å². The number of aromatic nitrogens is 2. The van der Waals surface area contributed by atoms with E-state index in [1.54, 1.807) is 0 Å². The maximum Gasteiger partial charge on any atom is 0.356 e. The Bertz CT molecular complexity index is 638. The Kier molecular flexibility index (Phi) is 2.76. The van der Waals surface area contributed by atoms with Crippen molar-refractivity contribution < 1.29 is 19.2 Å². The molecule has 0 unspecified atom stereocenters. The van der Waals surface area contributed by atoms with Crippen molar-refractivity contribution in [2.75, 3.05) is 0 Å². The molecule has 0 spiro atoms. The zero-order valence-electron chi connectivity index (χ0n) is 8.78. The van der Waals surface area contributed by atoms with Gasteiger partial charge in [0.05, 0.1) is 16.7 Å². The van der Waals surface area contributed by atoms with Crippen molar-refractivity contribution in [3.05, 3.63) is 52.3 Å². The minimum absolute atomic E-state index is 0.127. The Hall–Kier alpha value is -2.77. The standard InChI is InChI=1S/C10H6FN3O4/c11-6-1-7(3-8(2-6)14(17)18)13-4-9(10(15)16)12-5-13/h1-5H,(H,15,16). The van der Waals surface area contributed by atoms with Gasteiger partial charge < -0.3 is 9.67 Å². The fourth-order valence-corrected chi connectivity index (χ4v) is 1.39. The molecule has 0 aliphatic heterocycles. The van der Waals surface area contributed by atoms with E-state index in [-0.39, 0.29) is 11.4 Å². The molecule has 8 heteroatoms. The van der Waals surface area contributed by atoms with Crippen LogP contribution in [0.25, 0.3) is 5.69 Å². The lowest BCUT2D eigenvalue weighted by molar-refractivity contribution is -0.385. The van der Waals surface area contributed by atoms with E-state index in [0.29, 0.717) is 0 Å². The van der Waals surface area contributed by atoms with Gasteiger partial charge in [-0.3, -0.25) is 10.1 Å². The Balaban J connectivity index is 2.49. The molecule has 1 aromatic heterocycles. The van der Waals surface area contributed by atoms with Crippen LogP contribution >= 0.6 is 0 Å². The van der Waals surface area contributed by atoms with Gasteiger partial charge in [-0.15, -0.1) is 0 Å². The first kappa shape index (κ1) is 11.7. The summed E-state index contributed by atoms with van der Waals surface area (Å²) in [6.45, 7) is 0. The van der Waals surface area contributed by atoms with Gasteiger partial charge in [-0.25, -0.2) is 14.2 Å². The molecule has 0 atom stereocenters. The van der Waals surface area contributed by atoms with Gasteiger partial charge in [0.2, 0.25) is 0 Å². The molecule has 0 amide bonds. The predicted molar refractivity (Wildman–Crippen MR) is 57.1 cm³/mol. The van der Waals surface area contributed by atoms with Crippen molar-refractivity contribution in [2.45, 2.75) is 0 Å². The van der Waals surface area contributed by atoms with Gasteiger partial charge in [-0.05, 0) is 6.07 Å². The fraction of sp³-hybridized carbons (Fsp3) is 0. The first-order valence-corrected chi connectivity index (χ1v) is 4.70. The van der Waals surface area contributed by atoms with Crippen molar-refractivity contribution in [3.8, 4) is 5.69 Å². The third kappa shape index (κ3) is 2.17. The van der Waals surface area contributed by atoms with Crippen LogP contribution in [0.15, 0.2) is 30.7 Å². The number of imidazole rings is 1. The summed E-state index contributed by atoms with van der Waals surface area (Å²) in [7, 11) is 0. The highest BCUT2D eigenvalue weighted by Crippen LogP contribution is 2.19. The second-order valence-electron chi connectivity index (χ2n) is 3.40. The Morgan fingerprint density at radius 3 is 2.72 bits per heavy atom. The minimum Gasteiger partial charge on any atom is -0.476 e. The van der Waals surface area contributed by atoms with Crippen LogP contribution in [0.2, 0.25) is 0 Å². The molecule has 1 heterocycles. The number of hydrogen-bond donors (Lipinski definition) is 1. The summed E-state index contributed by atoms with van der Waals surface area (Å²) < 4.78 is 14.4. The molecule has 1 N–H and O–H groups in total. The van der Waals surface area contributed by atoms with E-state index in [0.717, 1.165) is 30.7 Å². The molecular weight excluding hydrogens is 245 g/mol. The molecular formula is C10H6FN3O4. The van der Waals surface area contributed by atoms with Crippen molar-refractivity contribution in [3.63, 3.8) is 0 Å². The molecule has 2 rings (SSSR count). The minimum atomic E-state index is -1.24. The molecule has 0 fully saturated rings. The Morgan fingerprint density at radius 1 is 1.44 bits per heavy atom. The van der Waals surface area contributed by atoms with Crippen LogP contribution in [0, 0.1) is 15.9 Å². The second-order valence-corrected chi connectivity index (χ2v) is 3.40. The molecule has 0 radical (unpaired) electrons. The lowest BCUT2D eigenvalue weighted by Gasteiger charge is -2.01.